The van der Waals surface area contributed by atoms with Crippen molar-refractivity contribution in [3.05, 3.63) is 0 Å². The molecule has 3 aliphatic rings. The van der Waals surface area contributed by atoms with E-state index in [9.17, 15) is 0 Å². The standard InChI is InChI=1S/C5H10N2O/c6-7-2-4-1-5(3-7)8-4/h4-5H,1-3,6H2. The summed E-state index contributed by atoms with van der Waals surface area (Å²) in [5, 5.41) is 1.84. The number of piperidine rings is 1. The Labute approximate surface area is 48.4 Å². The molecule has 2 unspecified atom stereocenters. The van der Waals surface area contributed by atoms with Crippen LogP contribution in [-0.4, -0.2) is 30.3 Å². The normalized spacial score (nSPS) is 46.1. The van der Waals surface area contributed by atoms with E-state index < -0.39 is 0 Å². The van der Waals surface area contributed by atoms with Crippen molar-refractivity contribution in [3.8, 4) is 0 Å². The van der Waals surface area contributed by atoms with E-state index in [-0.39, 0.29) is 0 Å². The molecular weight excluding hydrogens is 104 g/mol. The van der Waals surface area contributed by atoms with Crippen LogP contribution in [0, 0.1) is 0 Å². The second-order valence-electron chi connectivity index (χ2n) is 2.57. The van der Waals surface area contributed by atoms with Crippen LogP contribution in [0.25, 0.3) is 0 Å². The summed E-state index contributed by atoms with van der Waals surface area (Å²) in [6.45, 7) is 1.85. The fraction of sp³-hybridized carbons (Fsp3) is 1.00. The summed E-state index contributed by atoms with van der Waals surface area (Å²) < 4.78 is 5.32. The maximum Gasteiger partial charge on any atom is 0.0745 e. The van der Waals surface area contributed by atoms with Crippen molar-refractivity contribution in [3.63, 3.8) is 0 Å². The minimum atomic E-state index is 0.457. The largest absolute Gasteiger partial charge is 0.372 e. The molecule has 0 aromatic rings. The van der Waals surface area contributed by atoms with Crippen LogP contribution in [0.3, 0.4) is 0 Å². The molecule has 0 aliphatic carbocycles. The minimum Gasteiger partial charge on any atom is -0.372 e. The number of rotatable bonds is 0. The van der Waals surface area contributed by atoms with Crippen LogP contribution in [0.4, 0.5) is 0 Å². The predicted molar refractivity (Wildman–Crippen MR) is 29.0 cm³/mol. The van der Waals surface area contributed by atoms with Crippen molar-refractivity contribution < 1.29 is 4.74 Å². The van der Waals surface area contributed by atoms with Crippen molar-refractivity contribution in [1.29, 1.82) is 0 Å². The molecule has 0 saturated carbocycles. The Balaban J connectivity index is 1.97. The van der Waals surface area contributed by atoms with Crippen LogP contribution in [0.15, 0.2) is 0 Å². The van der Waals surface area contributed by atoms with Gasteiger partial charge in [-0.3, -0.25) is 5.84 Å². The van der Waals surface area contributed by atoms with Gasteiger partial charge in [-0.2, -0.15) is 0 Å². The maximum atomic E-state index is 5.51. The monoisotopic (exact) mass is 114 g/mol. The van der Waals surface area contributed by atoms with Gasteiger partial charge in [0.05, 0.1) is 12.2 Å². The van der Waals surface area contributed by atoms with E-state index in [2.05, 4.69) is 0 Å². The Morgan fingerprint density at radius 1 is 1.38 bits per heavy atom. The van der Waals surface area contributed by atoms with E-state index in [1.165, 1.54) is 6.42 Å². The zero-order chi connectivity index (χ0) is 5.56. The molecule has 2 N–H and O–H groups in total. The van der Waals surface area contributed by atoms with Gasteiger partial charge in [-0.15, -0.1) is 0 Å². The van der Waals surface area contributed by atoms with E-state index in [1.807, 2.05) is 5.01 Å². The van der Waals surface area contributed by atoms with Gasteiger partial charge in [0.15, 0.2) is 0 Å². The number of morpholine rings is 1. The van der Waals surface area contributed by atoms with Crippen molar-refractivity contribution >= 4 is 0 Å². The van der Waals surface area contributed by atoms with Gasteiger partial charge >= 0.3 is 0 Å². The highest BCUT2D eigenvalue weighted by molar-refractivity contribution is 4.86. The average Bonchev–Trinajstić information content (AvgIpc) is 1.62. The van der Waals surface area contributed by atoms with Crippen LogP contribution < -0.4 is 5.84 Å². The summed E-state index contributed by atoms with van der Waals surface area (Å²) in [6, 6.07) is 0. The molecule has 0 spiro atoms. The van der Waals surface area contributed by atoms with Crippen molar-refractivity contribution in [2.45, 2.75) is 18.6 Å². The van der Waals surface area contributed by atoms with E-state index in [4.69, 9.17) is 10.6 Å². The third-order valence-electron chi connectivity index (χ3n) is 1.79. The molecule has 3 heteroatoms. The topological polar surface area (TPSA) is 38.5 Å². The Bertz CT molecular complexity index is 90.6. The Hall–Kier alpha value is -0.120. The van der Waals surface area contributed by atoms with Crippen molar-refractivity contribution in [2.24, 2.45) is 5.84 Å². The first-order chi connectivity index (χ1) is 3.84. The third-order valence-corrected chi connectivity index (χ3v) is 1.79. The SMILES string of the molecule is NN1CC2CC(C1)O2. The quantitative estimate of drug-likeness (QED) is 0.425. The molecule has 0 amide bonds. The molecule has 2 atom stereocenters. The zero-order valence-corrected chi connectivity index (χ0v) is 4.71. The molecule has 46 valence electrons. The van der Waals surface area contributed by atoms with E-state index in [0.29, 0.717) is 12.2 Å². The van der Waals surface area contributed by atoms with E-state index in [1.54, 1.807) is 0 Å². The molecule has 3 nitrogen and oxygen atoms in total. The summed E-state index contributed by atoms with van der Waals surface area (Å²) in [6.07, 6.45) is 2.14. The number of hydrogen-bond donors (Lipinski definition) is 1. The summed E-state index contributed by atoms with van der Waals surface area (Å²) in [7, 11) is 0. The second-order valence-corrected chi connectivity index (χ2v) is 2.57. The van der Waals surface area contributed by atoms with E-state index in [0.717, 1.165) is 13.1 Å². The van der Waals surface area contributed by atoms with E-state index >= 15 is 0 Å². The lowest BCUT2D eigenvalue weighted by molar-refractivity contribution is -0.181. The van der Waals surface area contributed by atoms with Gasteiger partial charge in [0.25, 0.3) is 0 Å². The molecule has 3 saturated heterocycles. The molecule has 3 fully saturated rings. The van der Waals surface area contributed by atoms with Crippen molar-refractivity contribution in [2.75, 3.05) is 13.1 Å². The summed E-state index contributed by atoms with van der Waals surface area (Å²) >= 11 is 0. The molecule has 0 aromatic carbocycles. The van der Waals surface area contributed by atoms with Gasteiger partial charge in [-0.1, -0.05) is 0 Å². The Morgan fingerprint density at radius 3 is 2.12 bits per heavy atom. The number of hydrogen-bond acceptors (Lipinski definition) is 3. The van der Waals surface area contributed by atoms with Gasteiger partial charge in [0.1, 0.15) is 0 Å². The van der Waals surface area contributed by atoms with Crippen LogP contribution in [-0.2, 0) is 4.74 Å². The van der Waals surface area contributed by atoms with Crippen LogP contribution in [0.1, 0.15) is 6.42 Å². The zero-order valence-electron chi connectivity index (χ0n) is 4.71. The molecule has 0 aromatic heterocycles. The lowest BCUT2D eigenvalue weighted by Gasteiger charge is -2.45. The molecule has 3 aliphatic heterocycles. The highest BCUT2D eigenvalue weighted by atomic mass is 16.5. The van der Waals surface area contributed by atoms with Crippen LogP contribution >= 0.6 is 0 Å². The molecule has 8 heavy (non-hydrogen) atoms. The Morgan fingerprint density at radius 2 is 1.88 bits per heavy atom. The highest BCUT2D eigenvalue weighted by Gasteiger charge is 2.36. The molecule has 3 heterocycles. The minimum absolute atomic E-state index is 0.457. The smallest absolute Gasteiger partial charge is 0.0745 e. The second kappa shape index (κ2) is 1.43. The highest BCUT2D eigenvalue weighted by Crippen LogP contribution is 2.25. The fourth-order valence-electron chi connectivity index (χ4n) is 1.39. The molecule has 3 rings (SSSR count). The summed E-state index contributed by atoms with van der Waals surface area (Å²) in [5.41, 5.74) is 0. The Kier molecular flexibility index (Phi) is 0.848. The number of ether oxygens (including phenoxy) is 1. The number of hydrazine groups is 1. The number of fused-ring (bicyclic) bond motifs is 2. The summed E-state index contributed by atoms with van der Waals surface area (Å²) in [5.74, 6) is 5.51. The van der Waals surface area contributed by atoms with Crippen LogP contribution in [0.2, 0.25) is 0 Å². The lowest BCUT2D eigenvalue weighted by atomic mass is 10.0. The van der Waals surface area contributed by atoms with Gasteiger partial charge < -0.3 is 4.74 Å². The fourth-order valence-corrected chi connectivity index (χ4v) is 1.39. The first-order valence-corrected chi connectivity index (χ1v) is 3.00. The predicted octanol–water partition coefficient (Wildman–Crippen LogP) is -0.667. The molecular formula is C5H10N2O. The first kappa shape index (κ1) is 4.73. The average molecular weight is 114 g/mol. The van der Waals surface area contributed by atoms with Gasteiger partial charge in [0, 0.05) is 19.5 Å². The first-order valence-electron chi connectivity index (χ1n) is 3.00. The summed E-state index contributed by atoms with van der Waals surface area (Å²) in [4.78, 5) is 0. The third kappa shape index (κ3) is 0.555. The van der Waals surface area contributed by atoms with Gasteiger partial charge in [-0.05, 0) is 0 Å². The number of nitrogens with zero attached hydrogens (tertiary/aromatic N) is 1. The van der Waals surface area contributed by atoms with Gasteiger partial charge in [0.2, 0.25) is 0 Å². The molecule has 0 radical (unpaired) electrons. The lowest BCUT2D eigenvalue weighted by Crippen LogP contribution is -2.59. The maximum absolute atomic E-state index is 5.51. The van der Waals surface area contributed by atoms with Crippen LogP contribution in [0.5, 0.6) is 0 Å². The number of nitrogens with two attached hydrogens (primary N) is 1. The van der Waals surface area contributed by atoms with Gasteiger partial charge in [-0.25, -0.2) is 5.01 Å². The molecule has 2 bridgehead atoms. The van der Waals surface area contributed by atoms with Crippen molar-refractivity contribution in [1.82, 2.24) is 5.01 Å².